The number of furan rings is 1. The lowest BCUT2D eigenvalue weighted by Gasteiger charge is -2.25. The number of thiocarbonyl (C=S) groups is 1. The van der Waals surface area contributed by atoms with Crippen molar-refractivity contribution >= 4 is 28.2 Å². The van der Waals surface area contributed by atoms with Crippen molar-refractivity contribution < 1.29 is 9.15 Å². The SMILES string of the molecule is CCOc1ccc2[nH]c(=O)c(CN(Cc3ccco3)C(=S)NCCCN(CC)CC)cc2c1. The minimum Gasteiger partial charge on any atom is -0.494 e. The molecule has 0 bridgehead atoms. The Morgan fingerprint density at radius 1 is 1.15 bits per heavy atom. The summed E-state index contributed by atoms with van der Waals surface area (Å²) in [6.07, 6.45) is 2.64. The number of aromatic amines is 1. The van der Waals surface area contributed by atoms with Crippen LogP contribution in [0.1, 0.15) is 38.5 Å². The summed E-state index contributed by atoms with van der Waals surface area (Å²) in [5.41, 5.74) is 1.29. The van der Waals surface area contributed by atoms with Crippen molar-refractivity contribution in [3.63, 3.8) is 0 Å². The van der Waals surface area contributed by atoms with Crippen molar-refractivity contribution in [3.05, 3.63) is 64.3 Å². The molecule has 0 fully saturated rings. The molecule has 0 radical (unpaired) electrons. The quantitative estimate of drug-likeness (QED) is 0.305. The third kappa shape index (κ3) is 7.07. The molecule has 3 rings (SSSR count). The Morgan fingerprint density at radius 3 is 2.67 bits per heavy atom. The van der Waals surface area contributed by atoms with Crippen LogP contribution in [0.5, 0.6) is 5.75 Å². The zero-order chi connectivity index (χ0) is 23.6. The van der Waals surface area contributed by atoms with Gasteiger partial charge < -0.3 is 29.3 Å². The first kappa shape index (κ1) is 24.8. The van der Waals surface area contributed by atoms with Crippen LogP contribution in [0.3, 0.4) is 0 Å². The summed E-state index contributed by atoms with van der Waals surface area (Å²) in [6, 6.07) is 11.4. The third-order valence-electron chi connectivity index (χ3n) is 5.60. The summed E-state index contributed by atoms with van der Waals surface area (Å²) in [7, 11) is 0. The molecule has 0 aliphatic heterocycles. The Morgan fingerprint density at radius 2 is 1.97 bits per heavy atom. The molecule has 0 saturated heterocycles. The Balaban J connectivity index is 1.75. The molecular weight excluding hydrogens is 436 g/mol. The van der Waals surface area contributed by atoms with E-state index in [9.17, 15) is 4.79 Å². The van der Waals surface area contributed by atoms with Crippen LogP contribution in [0.25, 0.3) is 10.9 Å². The first-order valence-electron chi connectivity index (χ1n) is 11.6. The maximum atomic E-state index is 12.8. The molecule has 0 spiro atoms. The van der Waals surface area contributed by atoms with Crippen molar-refractivity contribution in [2.24, 2.45) is 0 Å². The normalized spacial score (nSPS) is 11.2. The van der Waals surface area contributed by atoms with Gasteiger partial charge in [-0.2, -0.15) is 0 Å². The molecule has 2 N–H and O–H groups in total. The molecule has 0 aliphatic carbocycles. The monoisotopic (exact) mass is 470 g/mol. The average molecular weight is 471 g/mol. The molecule has 33 heavy (non-hydrogen) atoms. The number of nitrogens with zero attached hydrogens (tertiary/aromatic N) is 2. The standard InChI is InChI=1S/C25H34N4O3S/c1-4-28(5-2)13-8-12-26-25(33)29(18-22-9-7-14-32-22)17-20-15-19-16-21(31-6-3)10-11-23(19)27-24(20)30/h7,9-11,14-16H,4-6,8,12-13,17-18H2,1-3H3,(H,26,33)(H,27,30). The van der Waals surface area contributed by atoms with Gasteiger partial charge in [0.15, 0.2) is 5.11 Å². The fourth-order valence-corrected chi connectivity index (χ4v) is 3.98. The summed E-state index contributed by atoms with van der Waals surface area (Å²) in [5, 5.41) is 4.89. The molecule has 0 unspecified atom stereocenters. The van der Waals surface area contributed by atoms with Crippen LogP contribution in [0.2, 0.25) is 0 Å². The number of hydrogen-bond acceptors (Lipinski definition) is 5. The molecule has 0 amide bonds. The Labute approximate surface area is 200 Å². The fraction of sp³-hybridized carbons (Fsp3) is 0.440. The van der Waals surface area contributed by atoms with E-state index in [1.807, 2.05) is 48.2 Å². The predicted molar refractivity (Wildman–Crippen MR) is 137 cm³/mol. The van der Waals surface area contributed by atoms with E-state index >= 15 is 0 Å². The van der Waals surface area contributed by atoms with Crippen molar-refractivity contribution in [3.8, 4) is 5.75 Å². The maximum absolute atomic E-state index is 12.8. The van der Waals surface area contributed by atoms with E-state index in [1.54, 1.807) is 6.26 Å². The van der Waals surface area contributed by atoms with Crippen molar-refractivity contribution in [1.82, 2.24) is 20.1 Å². The number of fused-ring (bicyclic) bond motifs is 1. The summed E-state index contributed by atoms with van der Waals surface area (Å²) in [5.74, 6) is 1.57. The summed E-state index contributed by atoms with van der Waals surface area (Å²) < 4.78 is 11.2. The highest BCUT2D eigenvalue weighted by atomic mass is 32.1. The van der Waals surface area contributed by atoms with E-state index in [4.69, 9.17) is 21.4 Å². The molecule has 0 atom stereocenters. The molecule has 0 saturated carbocycles. The van der Waals surface area contributed by atoms with Gasteiger partial charge >= 0.3 is 0 Å². The molecule has 0 aliphatic rings. The summed E-state index contributed by atoms with van der Waals surface area (Å²) in [6.45, 7) is 11.6. The van der Waals surface area contributed by atoms with Gasteiger partial charge in [-0.3, -0.25) is 4.79 Å². The van der Waals surface area contributed by atoms with E-state index in [1.165, 1.54) is 0 Å². The van der Waals surface area contributed by atoms with E-state index in [2.05, 4.69) is 29.0 Å². The minimum atomic E-state index is -0.125. The van der Waals surface area contributed by atoms with Crippen molar-refractivity contribution in [1.29, 1.82) is 0 Å². The van der Waals surface area contributed by atoms with Gasteiger partial charge in [-0.15, -0.1) is 0 Å². The number of H-pyrrole nitrogens is 1. The topological polar surface area (TPSA) is 73.7 Å². The maximum Gasteiger partial charge on any atom is 0.253 e. The van der Waals surface area contributed by atoms with Gasteiger partial charge in [-0.05, 0) is 81.6 Å². The first-order valence-corrected chi connectivity index (χ1v) is 12.0. The molecule has 2 aromatic heterocycles. The lowest BCUT2D eigenvalue weighted by atomic mass is 10.1. The zero-order valence-corrected chi connectivity index (χ0v) is 20.5. The van der Waals surface area contributed by atoms with Crippen LogP contribution in [0.15, 0.2) is 51.9 Å². The smallest absolute Gasteiger partial charge is 0.253 e. The highest BCUT2D eigenvalue weighted by Gasteiger charge is 2.15. The van der Waals surface area contributed by atoms with Crippen molar-refractivity contribution in [2.75, 3.05) is 32.8 Å². The van der Waals surface area contributed by atoms with Crippen LogP contribution < -0.4 is 15.6 Å². The zero-order valence-electron chi connectivity index (χ0n) is 19.7. The Hall–Kier alpha value is -2.84. The Kier molecular flexibility index (Phi) is 9.33. The van der Waals surface area contributed by atoms with Crippen LogP contribution in [-0.4, -0.2) is 52.7 Å². The highest BCUT2D eigenvalue weighted by Crippen LogP contribution is 2.20. The minimum absolute atomic E-state index is 0.125. The number of pyridine rings is 1. The molecule has 8 heteroatoms. The fourth-order valence-electron chi connectivity index (χ4n) is 3.75. The van der Waals surface area contributed by atoms with Gasteiger partial charge in [-0.25, -0.2) is 0 Å². The van der Waals surface area contributed by atoms with Gasteiger partial charge in [0.2, 0.25) is 0 Å². The molecule has 1 aromatic carbocycles. The van der Waals surface area contributed by atoms with E-state index < -0.39 is 0 Å². The Bertz CT molecular complexity index is 1080. The van der Waals surface area contributed by atoms with Gasteiger partial charge in [0.25, 0.3) is 5.56 Å². The van der Waals surface area contributed by atoms with Gasteiger partial charge in [-0.1, -0.05) is 13.8 Å². The van der Waals surface area contributed by atoms with Crippen LogP contribution >= 0.6 is 12.2 Å². The van der Waals surface area contributed by atoms with E-state index in [0.717, 1.165) is 55.0 Å². The molecule has 2 heterocycles. The van der Waals surface area contributed by atoms with Crippen LogP contribution in [-0.2, 0) is 13.1 Å². The molecule has 7 nitrogen and oxygen atoms in total. The second kappa shape index (κ2) is 12.4. The summed E-state index contributed by atoms with van der Waals surface area (Å²) >= 11 is 5.71. The number of ether oxygens (including phenoxy) is 1. The lowest BCUT2D eigenvalue weighted by Crippen LogP contribution is -2.41. The third-order valence-corrected chi connectivity index (χ3v) is 6.00. The molecule has 3 aromatic rings. The second-order valence-electron chi connectivity index (χ2n) is 7.85. The first-order chi connectivity index (χ1) is 16.0. The molecule has 178 valence electrons. The number of benzene rings is 1. The number of aromatic nitrogens is 1. The predicted octanol–water partition coefficient (Wildman–Crippen LogP) is 4.13. The lowest BCUT2D eigenvalue weighted by molar-refractivity contribution is 0.298. The number of rotatable bonds is 12. The number of nitrogens with one attached hydrogen (secondary N) is 2. The van der Waals surface area contributed by atoms with Gasteiger partial charge in [0, 0.05) is 23.0 Å². The van der Waals surface area contributed by atoms with E-state index in [0.29, 0.717) is 30.4 Å². The number of hydrogen-bond donors (Lipinski definition) is 2. The van der Waals surface area contributed by atoms with Gasteiger partial charge in [0.1, 0.15) is 11.5 Å². The van der Waals surface area contributed by atoms with Crippen LogP contribution in [0.4, 0.5) is 0 Å². The molecular formula is C25H34N4O3S. The largest absolute Gasteiger partial charge is 0.494 e. The summed E-state index contributed by atoms with van der Waals surface area (Å²) in [4.78, 5) is 20.1. The average Bonchev–Trinajstić information content (AvgIpc) is 3.32. The van der Waals surface area contributed by atoms with Gasteiger partial charge in [0.05, 0.1) is 26.0 Å². The van der Waals surface area contributed by atoms with Crippen molar-refractivity contribution in [2.45, 2.75) is 40.3 Å². The van der Waals surface area contributed by atoms with E-state index in [-0.39, 0.29) is 5.56 Å². The van der Waals surface area contributed by atoms with Crippen LogP contribution in [0, 0.1) is 0 Å². The highest BCUT2D eigenvalue weighted by molar-refractivity contribution is 7.80. The second-order valence-corrected chi connectivity index (χ2v) is 8.24.